The maximum atomic E-state index is 11.8. The van der Waals surface area contributed by atoms with Gasteiger partial charge >= 0.3 is 5.97 Å². The first kappa shape index (κ1) is 15.7. The smallest absolute Gasteiger partial charge is 0.338 e. The van der Waals surface area contributed by atoms with Gasteiger partial charge in [-0.15, -0.1) is 0 Å². The van der Waals surface area contributed by atoms with Crippen LogP contribution in [-0.2, 0) is 21.2 Å². The zero-order valence-electron chi connectivity index (χ0n) is 11.3. The molecule has 6 heteroatoms. The highest BCUT2D eigenvalue weighted by Crippen LogP contribution is 2.18. The number of aryl methyl sites for hydroxylation is 1. The zero-order valence-corrected chi connectivity index (χ0v) is 12.2. The Hall–Kier alpha value is -1.40. The van der Waals surface area contributed by atoms with Gasteiger partial charge < -0.3 is 4.74 Å². The van der Waals surface area contributed by atoms with E-state index in [0.717, 1.165) is 0 Å². The van der Waals surface area contributed by atoms with Crippen molar-refractivity contribution in [3.05, 3.63) is 29.3 Å². The molecule has 0 aromatic heterocycles. The number of ether oxygens (including phenoxy) is 1. The molecule has 1 aromatic carbocycles. The van der Waals surface area contributed by atoms with E-state index < -0.39 is 16.0 Å². The Bertz CT molecular complexity index is 564. The minimum atomic E-state index is -3.84. The highest BCUT2D eigenvalue weighted by atomic mass is 32.2. The van der Waals surface area contributed by atoms with E-state index in [1.807, 2.05) is 20.8 Å². The monoisotopic (exact) mass is 285 g/mol. The Morgan fingerprint density at radius 1 is 1.37 bits per heavy atom. The van der Waals surface area contributed by atoms with Crippen molar-refractivity contribution >= 4 is 16.0 Å². The standard InChI is InChI=1S/C13H19NO4S/c1-4-10-5-6-11(7-12(10)19(14,16)17)13(15)18-8-9(2)3/h5-7,9H,4,8H2,1-3H3,(H2,14,16,17). The van der Waals surface area contributed by atoms with Gasteiger partial charge in [0.25, 0.3) is 0 Å². The van der Waals surface area contributed by atoms with Crippen LogP contribution in [0.25, 0.3) is 0 Å². The van der Waals surface area contributed by atoms with Crippen LogP contribution in [0.15, 0.2) is 23.1 Å². The van der Waals surface area contributed by atoms with Crippen molar-refractivity contribution in [3.63, 3.8) is 0 Å². The molecule has 0 unspecified atom stereocenters. The summed E-state index contributed by atoms with van der Waals surface area (Å²) in [5.41, 5.74) is 0.782. The molecule has 0 fully saturated rings. The van der Waals surface area contributed by atoms with Crippen LogP contribution < -0.4 is 5.14 Å². The number of hydrogen-bond donors (Lipinski definition) is 1. The van der Waals surface area contributed by atoms with E-state index in [2.05, 4.69) is 0 Å². The molecule has 0 amide bonds. The third-order valence-electron chi connectivity index (χ3n) is 2.54. The van der Waals surface area contributed by atoms with Gasteiger partial charge in [-0.2, -0.15) is 0 Å². The van der Waals surface area contributed by atoms with Gasteiger partial charge in [0, 0.05) is 0 Å². The predicted octanol–water partition coefficient (Wildman–Crippen LogP) is 1.71. The van der Waals surface area contributed by atoms with Crippen LogP contribution >= 0.6 is 0 Å². The first-order valence-electron chi connectivity index (χ1n) is 6.08. The molecule has 0 saturated heterocycles. The van der Waals surface area contributed by atoms with Gasteiger partial charge in [0.1, 0.15) is 0 Å². The van der Waals surface area contributed by atoms with Crippen LogP contribution in [0.4, 0.5) is 0 Å². The molecule has 0 radical (unpaired) electrons. The summed E-state index contributed by atoms with van der Waals surface area (Å²) >= 11 is 0. The molecule has 0 atom stereocenters. The summed E-state index contributed by atoms with van der Waals surface area (Å²) in [6, 6.07) is 4.42. The molecule has 5 nitrogen and oxygen atoms in total. The summed E-state index contributed by atoms with van der Waals surface area (Å²) in [6.45, 7) is 5.95. The maximum Gasteiger partial charge on any atom is 0.338 e. The van der Waals surface area contributed by atoms with Crippen molar-refractivity contribution in [3.8, 4) is 0 Å². The van der Waals surface area contributed by atoms with E-state index in [1.165, 1.54) is 6.07 Å². The third-order valence-corrected chi connectivity index (χ3v) is 3.53. The summed E-state index contributed by atoms with van der Waals surface area (Å²) in [6.07, 6.45) is 0.521. The number of esters is 1. The number of benzene rings is 1. The van der Waals surface area contributed by atoms with E-state index in [4.69, 9.17) is 9.88 Å². The van der Waals surface area contributed by atoms with E-state index in [-0.39, 0.29) is 16.4 Å². The second kappa shape index (κ2) is 6.16. The Morgan fingerprint density at radius 3 is 2.47 bits per heavy atom. The number of hydrogen-bond acceptors (Lipinski definition) is 4. The Kier molecular flexibility index (Phi) is 5.08. The summed E-state index contributed by atoms with van der Waals surface area (Å²) in [4.78, 5) is 11.8. The van der Waals surface area contributed by atoms with Crippen molar-refractivity contribution in [2.75, 3.05) is 6.61 Å². The Balaban J connectivity index is 3.09. The number of primary sulfonamides is 1. The van der Waals surface area contributed by atoms with Gasteiger partial charge in [-0.1, -0.05) is 26.8 Å². The van der Waals surface area contributed by atoms with Gasteiger partial charge in [-0.05, 0) is 30.0 Å². The number of sulfonamides is 1. The van der Waals surface area contributed by atoms with Crippen LogP contribution in [-0.4, -0.2) is 21.0 Å². The molecular formula is C13H19NO4S. The summed E-state index contributed by atoms with van der Waals surface area (Å²) in [7, 11) is -3.84. The van der Waals surface area contributed by atoms with E-state index in [0.29, 0.717) is 18.6 Å². The van der Waals surface area contributed by atoms with Crippen molar-refractivity contribution in [2.45, 2.75) is 32.1 Å². The number of carbonyl (C=O) groups is 1. The highest BCUT2D eigenvalue weighted by molar-refractivity contribution is 7.89. The van der Waals surface area contributed by atoms with Crippen molar-refractivity contribution < 1.29 is 17.9 Å². The average molecular weight is 285 g/mol. The van der Waals surface area contributed by atoms with E-state index >= 15 is 0 Å². The second-order valence-electron chi connectivity index (χ2n) is 4.71. The average Bonchev–Trinajstić information content (AvgIpc) is 2.34. The van der Waals surface area contributed by atoms with E-state index in [1.54, 1.807) is 12.1 Å². The zero-order chi connectivity index (χ0) is 14.6. The molecule has 0 aliphatic heterocycles. The van der Waals surface area contributed by atoms with Crippen LogP contribution in [0.5, 0.6) is 0 Å². The lowest BCUT2D eigenvalue weighted by atomic mass is 10.1. The summed E-state index contributed by atoms with van der Waals surface area (Å²) in [5, 5.41) is 5.14. The van der Waals surface area contributed by atoms with E-state index in [9.17, 15) is 13.2 Å². The molecular weight excluding hydrogens is 266 g/mol. The molecule has 0 aliphatic rings. The van der Waals surface area contributed by atoms with Crippen LogP contribution in [0.2, 0.25) is 0 Å². The first-order valence-corrected chi connectivity index (χ1v) is 7.63. The van der Waals surface area contributed by atoms with Gasteiger partial charge in [-0.3, -0.25) is 0 Å². The number of nitrogens with two attached hydrogens (primary N) is 1. The van der Waals surface area contributed by atoms with Gasteiger partial charge in [-0.25, -0.2) is 18.4 Å². The summed E-state index contributed by atoms with van der Waals surface area (Å²) < 4.78 is 28.0. The number of rotatable bonds is 5. The van der Waals surface area contributed by atoms with Crippen LogP contribution in [0.1, 0.15) is 36.7 Å². The topological polar surface area (TPSA) is 86.5 Å². The fourth-order valence-electron chi connectivity index (χ4n) is 1.56. The SMILES string of the molecule is CCc1ccc(C(=O)OCC(C)C)cc1S(N)(=O)=O. The fourth-order valence-corrected chi connectivity index (χ4v) is 2.43. The minimum Gasteiger partial charge on any atom is -0.462 e. The number of carbonyl (C=O) groups excluding carboxylic acids is 1. The second-order valence-corrected chi connectivity index (χ2v) is 6.24. The Morgan fingerprint density at radius 2 is 2.00 bits per heavy atom. The molecule has 19 heavy (non-hydrogen) atoms. The molecule has 0 saturated carbocycles. The molecule has 1 rings (SSSR count). The quantitative estimate of drug-likeness (QED) is 0.834. The Labute approximate surface area is 113 Å². The van der Waals surface area contributed by atoms with Crippen molar-refractivity contribution in [1.82, 2.24) is 0 Å². The fraction of sp³-hybridized carbons (Fsp3) is 0.462. The third kappa shape index (κ3) is 4.33. The van der Waals surface area contributed by atoms with Crippen molar-refractivity contribution in [1.29, 1.82) is 0 Å². The maximum absolute atomic E-state index is 11.8. The lowest BCUT2D eigenvalue weighted by Crippen LogP contribution is -2.16. The molecule has 1 aromatic rings. The minimum absolute atomic E-state index is 0.0194. The highest BCUT2D eigenvalue weighted by Gasteiger charge is 2.17. The van der Waals surface area contributed by atoms with Crippen LogP contribution in [0, 0.1) is 5.92 Å². The van der Waals surface area contributed by atoms with Crippen LogP contribution in [0.3, 0.4) is 0 Å². The summed E-state index contributed by atoms with van der Waals surface area (Å²) in [5.74, 6) is -0.321. The molecule has 0 aliphatic carbocycles. The first-order chi connectivity index (χ1) is 8.75. The molecule has 0 bridgehead atoms. The predicted molar refractivity (Wildman–Crippen MR) is 72.3 cm³/mol. The molecule has 0 spiro atoms. The largest absolute Gasteiger partial charge is 0.462 e. The lowest BCUT2D eigenvalue weighted by Gasteiger charge is -2.10. The normalized spacial score (nSPS) is 11.6. The van der Waals surface area contributed by atoms with Gasteiger partial charge in [0.05, 0.1) is 17.1 Å². The van der Waals surface area contributed by atoms with Gasteiger partial charge in [0.2, 0.25) is 10.0 Å². The molecule has 2 N–H and O–H groups in total. The molecule has 0 heterocycles. The van der Waals surface area contributed by atoms with Gasteiger partial charge in [0.15, 0.2) is 0 Å². The molecule has 106 valence electrons. The van der Waals surface area contributed by atoms with Crippen molar-refractivity contribution in [2.24, 2.45) is 11.1 Å². The lowest BCUT2D eigenvalue weighted by molar-refractivity contribution is 0.0458.